The normalized spacial score (nSPS) is 11.3. The minimum Gasteiger partial charge on any atom is -0.455 e. The summed E-state index contributed by atoms with van der Waals surface area (Å²) in [6.45, 7) is 0. The van der Waals surface area contributed by atoms with E-state index < -0.39 is 0 Å². The van der Waals surface area contributed by atoms with Gasteiger partial charge in [0.15, 0.2) is 0 Å². The van der Waals surface area contributed by atoms with Gasteiger partial charge in [-0.25, -0.2) is 0 Å². The van der Waals surface area contributed by atoms with Crippen molar-refractivity contribution in [2.24, 2.45) is 0 Å². The van der Waals surface area contributed by atoms with Gasteiger partial charge in [0, 0.05) is 33.2 Å². The van der Waals surface area contributed by atoms with Crippen LogP contribution in [0.25, 0.3) is 55.0 Å². The molecule has 0 unspecified atom stereocenters. The first kappa shape index (κ1) is 24.2. The first-order chi connectivity index (χ1) is 20.8. The molecule has 0 atom stereocenters. The predicted molar refractivity (Wildman–Crippen MR) is 177 cm³/mol. The lowest BCUT2D eigenvalue weighted by Crippen LogP contribution is -2.09. The van der Waals surface area contributed by atoms with Crippen LogP contribution in [0.1, 0.15) is 0 Å². The Morgan fingerprint density at radius 1 is 0.357 bits per heavy atom. The smallest absolute Gasteiger partial charge is 0.143 e. The number of nitrogens with zero attached hydrogens (tertiary/aromatic N) is 1. The summed E-state index contributed by atoms with van der Waals surface area (Å²) in [5.41, 5.74) is 9.88. The molecule has 1 aromatic heterocycles. The molecule has 8 aromatic rings. The molecule has 0 aliphatic rings. The molecule has 0 bridgehead atoms. The highest BCUT2D eigenvalue weighted by Crippen LogP contribution is 2.43. The zero-order chi connectivity index (χ0) is 27.9. The van der Waals surface area contributed by atoms with E-state index in [-0.39, 0.29) is 0 Å². The lowest BCUT2D eigenvalue weighted by atomic mass is 9.95. The molecule has 0 fully saturated rings. The topological polar surface area (TPSA) is 16.4 Å². The van der Waals surface area contributed by atoms with Gasteiger partial charge in [0.2, 0.25) is 0 Å². The lowest BCUT2D eigenvalue weighted by Gasteiger charge is -2.26. The van der Waals surface area contributed by atoms with Crippen molar-refractivity contribution in [3.63, 3.8) is 0 Å². The third-order valence-corrected chi connectivity index (χ3v) is 8.03. The summed E-state index contributed by atoms with van der Waals surface area (Å²) >= 11 is 0. The van der Waals surface area contributed by atoms with Crippen LogP contribution in [0.15, 0.2) is 168 Å². The Morgan fingerprint density at radius 2 is 0.952 bits per heavy atom. The second kappa shape index (κ2) is 10.1. The van der Waals surface area contributed by atoms with Gasteiger partial charge < -0.3 is 9.32 Å². The standard InChI is InChI=1S/C40H27NO/c1-4-13-28(14-5-1)30-17-12-20-32(25-30)41(31-18-8-3-9-19-31)33-23-24-39-37(26-33)38-27-36(29-15-6-2-7-16-29)34-21-10-11-22-35(34)40(38)42-39/h1-27H. The molecule has 0 aliphatic carbocycles. The highest BCUT2D eigenvalue weighted by Gasteiger charge is 2.18. The Bertz CT molecular complexity index is 2180. The van der Waals surface area contributed by atoms with Crippen molar-refractivity contribution in [3.8, 4) is 22.3 Å². The third kappa shape index (κ3) is 4.13. The van der Waals surface area contributed by atoms with Crippen molar-refractivity contribution in [1.82, 2.24) is 0 Å². The molecule has 2 nitrogen and oxygen atoms in total. The number of hydrogen-bond acceptors (Lipinski definition) is 2. The van der Waals surface area contributed by atoms with Gasteiger partial charge in [0.05, 0.1) is 0 Å². The van der Waals surface area contributed by atoms with Crippen molar-refractivity contribution in [3.05, 3.63) is 164 Å². The van der Waals surface area contributed by atoms with Gasteiger partial charge in [0.25, 0.3) is 0 Å². The fourth-order valence-electron chi connectivity index (χ4n) is 6.06. The quantitative estimate of drug-likeness (QED) is 0.217. The minimum absolute atomic E-state index is 0.884. The summed E-state index contributed by atoms with van der Waals surface area (Å²) in [5, 5.41) is 4.54. The highest BCUT2D eigenvalue weighted by molar-refractivity contribution is 6.19. The molecular formula is C40H27NO. The first-order valence-corrected chi connectivity index (χ1v) is 14.3. The lowest BCUT2D eigenvalue weighted by molar-refractivity contribution is 0.672. The monoisotopic (exact) mass is 537 g/mol. The molecule has 198 valence electrons. The number of furan rings is 1. The zero-order valence-electron chi connectivity index (χ0n) is 22.9. The molecule has 0 aliphatic heterocycles. The molecule has 0 saturated carbocycles. The average Bonchev–Trinajstić information content (AvgIpc) is 3.44. The highest BCUT2D eigenvalue weighted by atomic mass is 16.3. The maximum atomic E-state index is 6.56. The van der Waals surface area contributed by atoms with Crippen LogP contribution in [-0.2, 0) is 0 Å². The molecule has 0 radical (unpaired) electrons. The van der Waals surface area contributed by atoms with Crippen molar-refractivity contribution in [2.75, 3.05) is 4.90 Å². The molecule has 7 aromatic carbocycles. The van der Waals surface area contributed by atoms with Crippen LogP contribution in [0, 0.1) is 0 Å². The van der Waals surface area contributed by atoms with E-state index in [2.05, 4.69) is 169 Å². The van der Waals surface area contributed by atoms with Crippen molar-refractivity contribution in [2.45, 2.75) is 0 Å². The molecule has 42 heavy (non-hydrogen) atoms. The Hall–Kier alpha value is -5.60. The second-order valence-corrected chi connectivity index (χ2v) is 10.6. The van der Waals surface area contributed by atoms with Crippen LogP contribution in [0.2, 0.25) is 0 Å². The molecule has 0 N–H and O–H groups in total. The Labute approximate surface area is 244 Å². The van der Waals surface area contributed by atoms with Crippen molar-refractivity contribution in [1.29, 1.82) is 0 Å². The predicted octanol–water partition coefficient (Wildman–Crippen LogP) is 11.5. The number of para-hydroxylation sites is 1. The van der Waals surface area contributed by atoms with Gasteiger partial charge in [0.1, 0.15) is 11.2 Å². The van der Waals surface area contributed by atoms with E-state index in [0.29, 0.717) is 0 Å². The van der Waals surface area contributed by atoms with Crippen LogP contribution < -0.4 is 4.90 Å². The summed E-state index contributed by atoms with van der Waals surface area (Å²) in [5.74, 6) is 0. The molecule has 0 saturated heterocycles. The molecule has 1 heterocycles. The zero-order valence-corrected chi connectivity index (χ0v) is 22.9. The van der Waals surface area contributed by atoms with E-state index in [9.17, 15) is 0 Å². The summed E-state index contributed by atoms with van der Waals surface area (Å²) < 4.78 is 6.56. The van der Waals surface area contributed by atoms with Gasteiger partial charge in [-0.3, -0.25) is 0 Å². The third-order valence-electron chi connectivity index (χ3n) is 8.03. The fraction of sp³-hybridized carbons (Fsp3) is 0. The van der Waals surface area contributed by atoms with E-state index in [1.807, 2.05) is 0 Å². The maximum absolute atomic E-state index is 6.56. The Balaban J connectivity index is 1.36. The van der Waals surface area contributed by atoms with E-state index in [1.165, 1.54) is 27.6 Å². The van der Waals surface area contributed by atoms with Crippen LogP contribution in [0.4, 0.5) is 17.1 Å². The Morgan fingerprint density at radius 3 is 1.71 bits per heavy atom. The maximum Gasteiger partial charge on any atom is 0.143 e. The van der Waals surface area contributed by atoms with Crippen LogP contribution in [0.3, 0.4) is 0 Å². The van der Waals surface area contributed by atoms with Gasteiger partial charge in [-0.15, -0.1) is 0 Å². The summed E-state index contributed by atoms with van der Waals surface area (Å²) in [6, 6.07) is 57.9. The van der Waals surface area contributed by atoms with Gasteiger partial charge in [-0.05, 0) is 76.2 Å². The van der Waals surface area contributed by atoms with E-state index >= 15 is 0 Å². The number of hydrogen-bond donors (Lipinski definition) is 0. The van der Waals surface area contributed by atoms with Gasteiger partial charge in [-0.1, -0.05) is 115 Å². The molecule has 0 spiro atoms. The van der Waals surface area contributed by atoms with E-state index in [1.54, 1.807) is 0 Å². The number of rotatable bonds is 5. The minimum atomic E-state index is 0.884. The van der Waals surface area contributed by atoms with E-state index in [4.69, 9.17) is 4.42 Å². The average molecular weight is 538 g/mol. The Kier molecular flexibility index (Phi) is 5.82. The van der Waals surface area contributed by atoms with Crippen molar-refractivity contribution >= 4 is 49.8 Å². The molecule has 2 heteroatoms. The summed E-state index contributed by atoms with van der Waals surface area (Å²) in [7, 11) is 0. The summed E-state index contributed by atoms with van der Waals surface area (Å²) in [4.78, 5) is 2.32. The number of anilines is 3. The second-order valence-electron chi connectivity index (χ2n) is 10.6. The van der Waals surface area contributed by atoms with Crippen molar-refractivity contribution < 1.29 is 4.42 Å². The molecule has 0 amide bonds. The largest absolute Gasteiger partial charge is 0.455 e. The van der Waals surface area contributed by atoms with Crippen LogP contribution in [0.5, 0.6) is 0 Å². The number of benzene rings is 7. The molecule has 8 rings (SSSR count). The SMILES string of the molecule is c1ccc(-c2cccc(N(c3ccccc3)c3ccc4oc5c6ccccc6c(-c6ccccc6)cc5c4c3)c2)cc1. The van der Waals surface area contributed by atoms with E-state index in [0.717, 1.165) is 44.4 Å². The number of fused-ring (bicyclic) bond motifs is 5. The fourth-order valence-corrected chi connectivity index (χ4v) is 6.06. The summed E-state index contributed by atoms with van der Waals surface area (Å²) in [6.07, 6.45) is 0. The van der Waals surface area contributed by atoms with Gasteiger partial charge >= 0.3 is 0 Å². The molecular weight excluding hydrogens is 510 g/mol. The van der Waals surface area contributed by atoms with Crippen LogP contribution >= 0.6 is 0 Å². The first-order valence-electron chi connectivity index (χ1n) is 14.3. The van der Waals surface area contributed by atoms with Crippen LogP contribution in [-0.4, -0.2) is 0 Å². The van der Waals surface area contributed by atoms with Gasteiger partial charge in [-0.2, -0.15) is 0 Å².